The van der Waals surface area contributed by atoms with Crippen molar-refractivity contribution in [3.63, 3.8) is 0 Å². The van der Waals surface area contributed by atoms with Gasteiger partial charge in [0, 0.05) is 53.1 Å². The van der Waals surface area contributed by atoms with E-state index in [9.17, 15) is 0 Å². The van der Waals surface area contributed by atoms with Crippen LogP contribution in [0.5, 0.6) is 0 Å². The van der Waals surface area contributed by atoms with Crippen molar-refractivity contribution in [3.05, 3.63) is 126 Å². The zero-order valence-corrected chi connectivity index (χ0v) is 23.5. The van der Waals surface area contributed by atoms with Crippen LogP contribution >= 0.6 is 11.3 Å². The molecule has 1 aliphatic rings. The molecule has 0 amide bonds. The molecule has 0 bridgehead atoms. The van der Waals surface area contributed by atoms with Crippen molar-refractivity contribution in [1.82, 2.24) is 14.5 Å². The van der Waals surface area contributed by atoms with E-state index in [2.05, 4.69) is 128 Å². The second kappa shape index (κ2) is 8.12. The van der Waals surface area contributed by atoms with E-state index in [4.69, 9.17) is 9.97 Å². The van der Waals surface area contributed by atoms with Gasteiger partial charge in [0.05, 0.1) is 16.7 Å². The van der Waals surface area contributed by atoms with E-state index >= 15 is 0 Å². The molecule has 8 aromatic rings. The van der Waals surface area contributed by atoms with Gasteiger partial charge in [-0.1, -0.05) is 111 Å². The Morgan fingerprint density at radius 2 is 1.37 bits per heavy atom. The van der Waals surface area contributed by atoms with Crippen molar-refractivity contribution in [3.8, 4) is 28.5 Å². The van der Waals surface area contributed by atoms with Gasteiger partial charge >= 0.3 is 0 Å². The zero-order chi connectivity index (χ0) is 27.3. The first kappa shape index (κ1) is 23.0. The highest BCUT2D eigenvalue weighted by Crippen LogP contribution is 2.52. The lowest BCUT2D eigenvalue weighted by molar-refractivity contribution is 0.650. The first-order chi connectivity index (χ1) is 20.1. The van der Waals surface area contributed by atoms with Crippen molar-refractivity contribution in [1.29, 1.82) is 0 Å². The normalized spacial score (nSPS) is 13.8. The molecule has 1 aliphatic carbocycles. The van der Waals surface area contributed by atoms with E-state index in [0.717, 1.165) is 28.4 Å². The van der Waals surface area contributed by atoms with E-state index in [1.807, 2.05) is 17.4 Å². The first-order valence-electron chi connectivity index (χ1n) is 14.0. The molecule has 3 aromatic heterocycles. The van der Waals surface area contributed by atoms with Gasteiger partial charge in [0.1, 0.15) is 5.82 Å². The van der Waals surface area contributed by atoms with Crippen LogP contribution in [0.25, 0.3) is 70.4 Å². The van der Waals surface area contributed by atoms with Gasteiger partial charge < -0.3 is 0 Å². The molecule has 5 aromatic carbocycles. The third-order valence-corrected chi connectivity index (χ3v) is 9.93. The Balaban J connectivity index is 1.52. The third kappa shape index (κ3) is 3.03. The van der Waals surface area contributed by atoms with Crippen LogP contribution < -0.4 is 0 Å². The van der Waals surface area contributed by atoms with Gasteiger partial charge in [-0.3, -0.25) is 4.57 Å². The molecule has 0 N–H and O–H groups in total. The summed E-state index contributed by atoms with van der Waals surface area (Å²) in [5.41, 5.74) is 7.83. The Morgan fingerprint density at radius 3 is 2.24 bits per heavy atom. The Morgan fingerprint density at radius 1 is 0.634 bits per heavy atom. The molecule has 4 heteroatoms. The largest absolute Gasteiger partial charge is 0.293 e. The van der Waals surface area contributed by atoms with Gasteiger partial charge in [0.25, 0.3) is 0 Å². The quantitative estimate of drug-likeness (QED) is 0.217. The van der Waals surface area contributed by atoms with E-state index in [-0.39, 0.29) is 5.41 Å². The minimum Gasteiger partial charge on any atom is -0.293 e. The lowest BCUT2D eigenvalue weighted by atomic mass is 9.82. The molecule has 3 heterocycles. The lowest BCUT2D eigenvalue weighted by Crippen LogP contribution is -2.19. The second-order valence-corrected chi connectivity index (χ2v) is 12.5. The Kier molecular flexibility index (Phi) is 4.55. The van der Waals surface area contributed by atoms with Crippen LogP contribution in [0.15, 0.2) is 115 Å². The molecule has 0 radical (unpaired) electrons. The number of fused-ring (bicyclic) bond motifs is 10. The topological polar surface area (TPSA) is 30.7 Å². The number of hydrogen-bond acceptors (Lipinski definition) is 3. The van der Waals surface area contributed by atoms with E-state index in [0.29, 0.717) is 0 Å². The van der Waals surface area contributed by atoms with Gasteiger partial charge in [-0.15, -0.1) is 11.3 Å². The van der Waals surface area contributed by atoms with E-state index in [1.165, 1.54) is 53.2 Å². The average Bonchev–Trinajstić information content (AvgIpc) is 3.63. The highest BCUT2D eigenvalue weighted by atomic mass is 32.1. The number of benzene rings is 5. The molecular formula is C37H25N3S. The van der Waals surface area contributed by atoms with Crippen LogP contribution in [0.1, 0.15) is 25.0 Å². The van der Waals surface area contributed by atoms with Crippen molar-refractivity contribution < 1.29 is 0 Å². The standard InChI is InChI=1S/C37H25N3S/c1-37(2)27-17-9-6-15-25(27)33-32(37)36(39-35(38-33)22-12-4-3-5-13-22)40-28-18-10-7-14-23(28)24-20-21-30-31(34(24)40)26-16-8-11-19-29(26)41-30/h3-21H,1-2H3. The fourth-order valence-electron chi connectivity index (χ4n) is 6.95. The average molecular weight is 544 g/mol. The summed E-state index contributed by atoms with van der Waals surface area (Å²) in [5, 5.41) is 5.07. The molecule has 0 saturated carbocycles. The highest BCUT2D eigenvalue weighted by molar-refractivity contribution is 7.26. The number of thiophene rings is 1. The molecule has 0 aliphatic heterocycles. The predicted octanol–water partition coefficient (Wildman–Crippen LogP) is 9.91. The summed E-state index contributed by atoms with van der Waals surface area (Å²) < 4.78 is 5.03. The van der Waals surface area contributed by atoms with Crippen LogP contribution in [0, 0.1) is 0 Å². The SMILES string of the molecule is CC1(C)c2ccccc2-c2nc(-c3ccccc3)nc(-n3c4ccccc4c4ccc5sc6ccccc6c5c43)c21. The number of nitrogens with zero attached hydrogens (tertiary/aromatic N) is 3. The van der Waals surface area contributed by atoms with Gasteiger partial charge in [-0.25, -0.2) is 9.97 Å². The zero-order valence-electron chi connectivity index (χ0n) is 22.7. The van der Waals surface area contributed by atoms with E-state index in [1.54, 1.807) is 0 Å². The minimum atomic E-state index is -0.265. The molecule has 0 unspecified atom stereocenters. The molecule has 194 valence electrons. The number of para-hydroxylation sites is 1. The maximum Gasteiger partial charge on any atom is 0.162 e. The van der Waals surface area contributed by atoms with Crippen molar-refractivity contribution >= 4 is 53.3 Å². The van der Waals surface area contributed by atoms with Crippen LogP contribution in [-0.4, -0.2) is 14.5 Å². The van der Waals surface area contributed by atoms with Crippen molar-refractivity contribution in [2.24, 2.45) is 0 Å². The van der Waals surface area contributed by atoms with Crippen molar-refractivity contribution in [2.75, 3.05) is 0 Å². The molecule has 9 rings (SSSR count). The summed E-state index contributed by atoms with van der Waals surface area (Å²) in [4.78, 5) is 10.7. The monoisotopic (exact) mass is 543 g/mol. The molecular weight excluding hydrogens is 518 g/mol. The summed E-state index contributed by atoms with van der Waals surface area (Å²) in [5.74, 6) is 1.71. The fraction of sp³-hybridized carbons (Fsp3) is 0.0811. The molecule has 3 nitrogen and oxygen atoms in total. The predicted molar refractivity (Wildman–Crippen MR) is 172 cm³/mol. The first-order valence-corrected chi connectivity index (χ1v) is 14.8. The summed E-state index contributed by atoms with van der Waals surface area (Å²) >= 11 is 1.86. The molecule has 0 atom stereocenters. The molecule has 0 fully saturated rings. The van der Waals surface area contributed by atoms with Gasteiger partial charge in [0.15, 0.2) is 5.82 Å². The highest BCUT2D eigenvalue weighted by Gasteiger charge is 2.41. The molecule has 0 saturated heterocycles. The second-order valence-electron chi connectivity index (χ2n) is 11.4. The summed E-state index contributed by atoms with van der Waals surface area (Å²) in [6.07, 6.45) is 0. The molecule has 41 heavy (non-hydrogen) atoms. The van der Waals surface area contributed by atoms with Crippen LogP contribution in [0.3, 0.4) is 0 Å². The Labute approximate surface area is 241 Å². The van der Waals surface area contributed by atoms with Gasteiger partial charge in [-0.2, -0.15) is 0 Å². The van der Waals surface area contributed by atoms with Crippen molar-refractivity contribution in [2.45, 2.75) is 19.3 Å². The number of rotatable bonds is 2. The third-order valence-electron chi connectivity index (χ3n) is 8.79. The number of hydrogen-bond donors (Lipinski definition) is 0. The molecule has 0 spiro atoms. The van der Waals surface area contributed by atoms with E-state index < -0.39 is 0 Å². The summed E-state index contributed by atoms with van der Waals surface area (Å²) in [7, 11) is 0. The summed E-state index contributed by atoms with van der Waals surface area (Å²) in [6, 6.07) is 41.2. The van der Waals surface area contributed by atoms with Crippen LogP contribution in [0.4, 0.5) is 0 Å². The van der Waals surface area contributed by atoms with Gasteiger partial charge in [-0.05, 0) is 23.8 Å². The van der Waals surface area contributed by atoms with Gasteiger partial charge in [0.2, 0.25) is 0 Å². The summed E-state index contributed by atoms with van der Waals surface area (Å²) in [6.45, 7) is 4.63. The minimum absolute atomic E-state index is 0.265. The smallest absolute Gasteiger partial charge is 0.162 e. The Hall–Kier alpha value is -4.80. The maximum absolute atomic E-state index is 5.46. The number of aromatic nitrogens is 3. The maximum atomic E-state index is 5.46. The van der Waals surface area contributed by atoms with Crippen LogP contribution in [0.2, 0.25) is 0 Å². The lowest BCUT2D eigenvalue weighted by Gasteiger charge is -2.24. The Bertz CT molecular complexity index is 2340. The fourth-order valence-corrected chi connectivity index (χ4v) is 8.06. The van der Waals surface area contributed by atoms with Crippen LogP contribution in [-0.2, 0) is 5.41 Å².